The maximum absolute atomic E-state index is 13.6. The number of thioether (sulfide) groups is 1. The number of carbonyl (C=O) groups is 1. The van der Waals surface area contributed by atoms with Crippen LogP contribution in [0.1, 0.15) is 30.1 Å². The van der Waals surface area contributed by atoms with Crippen molar-refractivity contribution in [1.29, 1.82) is 0 Å². The molecule has 0 amide bonds. The highest BCUT2D eigenvalue weighted by atomic mass is 35.5. The van der Waals surface area contributed by atoms with Crippen LogP contribution in [0.3, 0.4) is 0 Å². The number of ether oxygens (including phenoxy) is 3. The number of carbonyl (C=O) groups excluding carboxylic acids is 1. The zero-order chi connectivity index (χ0) is 29.9. The molecule has 42 heavy (non-hydrogen) atoms. The van der Waals surface area contributed by atoms with Crippen molar-refractivity contribution in [3.63, 3.8) is 0 Å². The number of aromatic amines is 1. The Morgan fingerprint density at radius 3 is 2.45 bits per heavy atom. The zero-order valence-electron chi connectivity index (χ0n) is 22.1. The van der Waals surface area contributed by atoms with E-state index in [9.17, 15) is 22.0 Å². The third kappa shape index (κ3) is 7.28. The number of alkyl halides is 2. The van der Waals surface area contributed by atoms with Crippen molar-refractivity contribution in [3.8, 4) is 11.5 Å². The summed E-state index contributed by atoms with van der Waals surface area (Å²) in [6.45, 7) is -2.62. The number of nitrogens with one attached hydrogen (secondary N) is 1. The fraction of sp³-hybridized carbons (Fsp3) is 0.357. The van der Waals surface area contributed by atoms with Crippen molar-refractivity contribution in [2.75, 3.05) is 18.9 Å². The van der Waals surface area contributed by atoms with Crippen LogP contribution in [0.4, 0.5) is 8.78 Å². The Labute approximate surface area is 256 Å². The molecule has 2 fully saturated rings. The van der Waals surface area contributed by atoms with Crippen LogP contribution in [0.5, 0.6) is 11.5 Å². The first-order valence-corrected chi connectivity index (χ1v) is 16.3. The number of pyridine rings is 1. The molecule has 1 aliphatic carbocycles. The number of hydrogen-bond donors (Lipinski definition) is 0. The lowest BCUT2D eigenvalue weighted by Crippen LogP contribution is -2.40. The van der Waals surface area contributed by atoms with Crippen LogP contribution < -0.4 is 14.5 Å². The van der Waals surface area contributed by atoms with Crippen LogP contribution in [-0.2, 0) is 26.0 Å². The van der Waals surface area contributed by atoms with E-state index in [1.54, 1.807) is 18.2 Å². The number of rotatable bonds is 12. The minimum absolute atomic E-state index is 0.0119. The molecule has 0 unspecified atom stereocenters. The summed E-state index contributed by atoms with van der Waals surface area (Å²) in [7, 11) is -3.98. The van der Waals surface area contributed by atoms with Gasteiger partial charge in [-0.25, -0.2) is 18.2 Å². The quantitative estimate of drug-likeness (QED) is 0.227. The van der Waals surface area contributed by atoms with Crippen molar-refractivity contribution >= 4 is 51.0 Å². The van der Waals surface area contributed by atoms with Gasteiger partial charge < -0.3 is 14.2 Å². The Hall–Kier alpha value is -2.64. The lowest BCUT2D eigenvalue weighted by atomic mass is 10.0. The molecule has 3 aromatic rings. The van der Waals surface area contributed by atoms with E-state index in [1.807, 2.05) is 0 Å². The average Bonchev–Trinajstić information content (AvgIpc) is 3.65. The van der Waals surface area contributed by atoms with Crippen molar-refractivity contribution in [3.05, 3.63) is 82.1 Å². The van der Waals surface area contributed by atoms with Crippen LogP contribution in [0.25, 0.3) is 0 Å². The van der Waals surface area contributed by atoms with Gasteiger partial charge in [0, 0.05) is 24.3 Å². The Morgan fingerprint density at radius 1 is 1.07 bits per heavy atom. The molecular formula is C28H27Cl2F2N2O6S2+. The van der Waals surface area contributed by atoms with Crippen molar-refractivity contribution in [2.45, 2.75) is 42.2 Å². The molecule has 5 rings (SSSR count). The zero-order valence-corrected chi connectivity index (χ0v) is 25.2. The number of sulfonamides is 1. The summed E-state index contributed by atoms with van der Waals surface area (Å²) < 4.78 is 70.5. The highest BCUT2D eigenvalue weighted by Gasteiger charge is 2.42. The monoisotopic (exact) mass is 659 g/mol. The van der Waals surface area contributed by atoms with Gasteiger partial charge in [0.1, 0.15) is 16.1 Å². The predicted octanol–water partition coefficient (Wildman–Crippen LogP) is 5.79. The molecule has 2 aliphatic rings. The molecule has 14 heteroatoms. The van der Waals surface area contributed by atoms with E-state index in [0.717, 1.165) is 28.9 Å². The summed E-state index contributed by atoms with van der Waals surface area (Å²) in [4.78, 5) is 16.5. The molecule has 1 saturated heterocycles. The number of halogens is 4. The second-order valence-corrected chi connectivity index (χ2v) is 13.6. The first kappa shape index (κ1) is 30.8. The van der Waals surface area contributed by atoms with Gasteiger partial charge in [-0.05, 0) is 48.6 Å². The normalized spacial score (nSPS) is 18.2. The van der Waals surface area contributed by atoms with Crippen molar-refractivity contribution < 1.29 is 41.2 Å². The fourth-order valence-electron chi connectivity index (χ4n) is 4.42. The molecular weight excluding hydrogens is 633 g/mol. The van der Waals surface area contributed by atoms with Crippen LogP contribution in [0, 0.1) is 5.92 Å². The lowest BCUT2D eigenvalue weighted by Gasteiger charge is -2.26. The van der Waals surface area contributed by atoms with Gasteiger partial charge in [0.2, 0.25) is 10.0 Å². The summed E-state index contributed by atoms with van der Waals surface area (Å²) in [5.41, 5.74) is 0.868. The molecule has 1 aromatic heterocycles. The predicted molar refractivity (Wildman–Crippen MR) is 153 cm³/mol. The molecule has 0 bridgehead atoms. The SMILES string of the molecule is O=C(O[C@@H](Cc1c(Cl)c[nH+]cc1Cl)c1ccc(OC(F)F)c(OCC2CC2)c1)[C@@H]1SCCN1S(=O)(=O)c1ccccc1. The lowest BCUT2D eigenvalue weighted by molar-refractivity contribution is -0.377. The third-order valence-electron chi connectivity index (χ3n) is 6.77. The van der Waals surface area contributed by atoms with Gasteiger partial charge in [0.15, 0.2) is 29.3 Å². The molecule has 1 saturated carbocycles. The number of nitrogens with zero attached hydrogens (tertiary/aromatic N) is 1. The number of aromatic nitrogens is 1. The van der Waals surface area contributed by atoms with E-state index < -0.39 is 34.1 Å². The van der Waals surface area contributed by atoms with Gasteiger partial charge in [0.25, 0.3) is 0 Å². The Morgan fingerprint density at radius 2 is 1.79 bits per heavy atom. The number of esters is 1. The van der Waals surface area contributed by atoms with Gasteiger partial charge in [-0.1, -0.05) is 47.5 Å². The van der Waals surface area contributed by atoms with Crippen molar-refractivity contribution in [2.24, 2.45) is 5.92 Å². The molecule has 2 atom stereocenters. The summed E-state index contributed by atoms with van der Waals surface area (Å²) in [6.07, 6.45) is 3.99. The topological polar surface area (TPSA) is 96.3 Å². The van der Waals surface area contributed by atoms with Crippen molar-refractivity contribution in [1.82, 2.24) is 4.31 Å². The summed E-state index contributed by atoms with van der Waals surface area (Å²) in [6, 6.07) is 12.1. The number of benzene rings is 2. The summed E-state index contributed by atoms with van der Waals surface area (Å²) in [5.74, 6) is -0.150. The van der Waals surface area contributed by atoms with Gasteiger partial charge >= 0.3 is 12.6 Å². The molecule has 224 valence electrons. The average molecular weight is 661 g/mol. The van der Waals surface area contributed by atoms with E-state index >= 15 is 0 Å². The van der Waals surface area contributed by atoms with Crippen LogP contribution in [0.2, 0.25) is 10.0 Å². The number of H-pyrrole nitrogens is 1. The molecule has 1 aliphatic heterocycles. The van der Waals surface area contributed by atoms with Crippen LogP contribution in [0.15, 0.2) is 65.8 Å². The van der Waals surface area contributed by atoms with Crippen LogP contribution in [-0.4, -0.2) is 49.6 Å². The van der Waals surface area contributed by atoms with Gasteiger partial charge in [-0.3, -0.25) is 0 Å². The fourth-order valence-corrected chi connectivity index (χ4v) is 8.02. The van der Waals surface area contributed by atoms with Gasteiger partial charge in [-0.15, -0.1) is 11.8 Å². The van der Waals surface area contributed by atoms with E-state index in [0.29, 0.717) is 29.4 Å². The molecule has 2 heterocycles. The molecule has 0 radical (unpaired) electrons. The molecule has 2 aromatic carbocycles. The Kier molecular flexibility index (Phi) is 9.78. The number of hydrogen-bond acceptors (Lipinski definition) is 7. The van der Waals surface area contributed by atoms with E-state index in [4.69, 9.17) is 32.7 Å². The summed E-state index contributed by atoms with van der Waals surface area (Å²) >= 11 is 14.0. The second kappa shape index (κ2) is 13.3. The largest absolute Gasteiger partial charge is 0.489 e. The van der Waals surface area contributed by atoms with Gasteiger partial charge in [0.05, 0.1) is 11.5 Å². The van der Waals surface area contributed by atoms with E-state index in [1.165, 1.54) is 42.7 Å². The molecule has 1 N–H and O–H groups in total. The second-order valence-electron chi connectivity index (χ2n) is 9.75. The maximum Gasteiger partial charge on any atom is 0.387 e. The summed E-state index contributed by atoms with van der Waals surface area (Å²) in [5, 5.41) is -0.565. The minimum atomic E-state index is -3.98. The molecule has 0 spiro atoms. The first-order valence-electron chi connectivity index (χ1n) is 13.1. The smallest absolute Gasteiger partial charge is 0.387 e. The van der Waals surface area contributed by atoms with E-state index in [2.05, 4.69) is 9.72 Å². The van der Waals surface area contributed by atoms with Gasteiger partial charge in [-0.2, -0.15) is 13.1 Å². The van der Waals surface area contributed by atoms with E-state index in [-0.39, 0.29) is 39.4 Å². The minimum Gasteiger partial charge on any atom is -0.489 e. The Balaban J connectivity index is 1.46. The first-order chi connectivity index (χ1) is 20.1. The van der Waals surface area contributed by atoms with Crippen LogP contribution >= 0.6 is 35.0 Å². The highest BCUT2D eigenvalue weighted by molar-refractivity contribution is 8.02. The highest BCUT2D eigenvalue weighted by Crippen LogP contribution is 2.39. The standard InChI is InChI=1S/C28H26Cl2F2N2O6S2/c29-21-14-33-15-22(30)20(21)13-24(18-8-9-23(40-28(31)32)25(12-18)38-16-17-6-7-17)39-27(35)26-34(10-11-41-26)42(36,37)19-4-2-1-3-5-19/h1-5,8-9,12,14-15,17,24,26,28H,6-7,10-11,13,16H2/p+1/t24-,26-/m0/s1. The third-order valence-corrected chi connectivity index (χ3v) is 10.6. The Bertz CT molecular complexity index is 1510. The molecule has 8 nitrogen and oxygen atoms in total. The maximum atomic E-state index is 13.6.